The lowest BCUT2D eigenvalue weighted by atomic mass is 10.0. The van der Waals surface area contributed by atoms with E-state index in [1.807, 2.05) is 6.92 Å². The molecule has 1 aliphatic heterocycles. The molecule has 1 heterocycles. The van der Waals surface area contributed by atoms with Gasteiger partial charge in [-0.1, -0.05) is 13.8 Å². The zero-order chi connectivity index (χ0) is 13.5. The minimum absolute atomic E-state index is 0.308. The molecule has 0 saturated carbocycles. The van der Waals surface area contributed by atoms with Gasteiger partial charge in [0.15, 0.2) is 0 Å². The maximum absolute atomic E-state index is 11.3. The molecular weight excluding hydrogens is 230 g/mol. The van der Waals surface area contributed by atoms with Crippen LogP contribution >= 0.6 is 0 Å². The summed E-state index contributed by atoms with van der Waals surface area (Å²) >= 11 is 0. The van der Waals surface area contributed by atoms with E-state index >= 15 is 0 Å². The van der Waals surface area contributed by atoms with Crippen LogP contribution in [0, 0.1) is 5.92 Å². The zero-order valence-electron chi connectivity index (χ0n) is 12.1. The van der Waals surface area contributed by atoms with Crippen molar-refractivity contribution >= 4 is 6.09 Å². The Balaban J connectivity index is 2.42. The molecule has 1 saturated heterocycles. The van der Waals surface area contributed by atoms with Crippen molar-refractivity contribution < 1.29 is 9.53 Å². The van der Waals surface area contributed by atoms with Crippen LogP contribution in [0.4, 0.5) is 4.79 Å². The first-order valence-corrected chi connectivity index (χ1v) is 6.87. The van der Waals surface area contributed by atoms with Crippen molar-refractivity contribution in [2.45, 2.75) is 26.8 Å². The third-order valence-electron chi connectivity index (χ3n) is 3.51. The van der Waals surface area contributed by atoms with Crippen molar-refractivity contribution in [3.8, 4) is 0 Å². The van der Waals surface area contributed by atoms with Crippen molar-refractivity contribution in [3.63, 3.8) is 0 Å². The summed E-state index contributed by atoms with van der Waals surface area (Å²) in [5, 5.41) is 2.86. The highest BCUT2D eigenvalue weighted by Crippen LogP contribution is 2.12. The summed E-state index contributed by atoms with van der Waals surface area (Å²) in [5.74, 6) is 0.523. The van der Waals surface area contributed by atoms with Gasteiger partial charge in [0.25, 0.3) is 0 Å². The molecule has 1 rings (SSSR count). The Morgan fingerprint density at radius 1 is 1.28 bits per heavy atom. The molecule has 0 radical (unpaired) electrons. The van der Waals surface area contributed by atoms with E-state index in [1.54, 1.807) is 0 Å². The molecule has 1 fully saturated rings. The monoisotopic (exact) mass is 257 g/mol. The molecular formula is C13H27N3O2. The van der Waals surface area contributed by atoms with Gasteiger partial charge in [0, 0.05) is 38.8 Å². The Hall–Kier alpha value is -0.810. The van der Waals surface area contributed by atoms with Gasteiger partial charge in [-0.2, -0.15) is 0 Å². The van der Waals surface area contributed by atoms with Crippen molar-refractivity contribution in [1.29, 1.82) is 0 Å². The van der Waals surface area contributed by atoms with Gasteiger partial charge >= 0.3 is 6.09 Å². The van der Waals surface area contributed by atoms with E-state index in [1.165, 1.54) is 0 Å². The number of nitrogens with one attached hydrogen (secondary N) is 1. The highest BCUT2D eigenvalue weighted by Gasteiger charge is 2.25. The molecule has 0 aliphatic carbocycles. The molecule has 1 atom stereocenters. The fourth-order valence-corrected chi connectivity index (χ4v) is 2.31. The van der Waals surface area contributed by atoms with E-state index in [0.29, 0.717) is 25.1 Å². The number of rotatable bonds is 5. The lowest BCUT2D eigenvalue weighted by Crippen LogP contribution is -2.54. The second-order valence-electron chi connectivity index (χ2n) is 5.25. The molecule has 0 aromatic carbocycles. The van der Waals surface area contributed by atoms with Gasteiger partial charge in [0.05, 0.1) is 6.61 Å². The number of nitrogens with zero attached hydrogens (tertiary/aromatic N) is 2. The van der Waals surface area contributed by atoms with Gasteiger partial charge in [-0.3, -0.25) is 4.90 Å². The summed E-state index contributed by atoms with van der Waals surface area (Å²) < 4.78 is 4.90. The molecule has 18 heavy (non-hydrogen) atoms. The number of hydrogen-bond acceptors (Lipinski definition) is 4. The maximum atomic E-state index is 11.3. The van der Waals surface area contributed by atoms with E-state index in [2.05, 4.69) is 36.0 Å². The second kappa shape index (κ2) is 7.59. The number of hydrogen-bond donors (Lipinski definition) is 1. The molecule has 5 heteroatoms. The van der Waals surface area contributed by atoms with E-state index in [-0.39, 0.29) is 6.09 Å². The third kappa shape index (κ3) is 4.82. The number of piperazine rings is 1. The molecule has 0 aromatic rings. The van der Waals surface area contributed by atoms with Crippen LogP contribution in [-0.2, 0) is 4.74 Å². The number of ether oxygens (including phenoxy) is 1. The van der Waals surface area contributed by atoms with Gasteiger partial charge in [-0.15, -0.1) is 0 Å². The van der Waals surface area contributed by atoms with Crippen LogP contribution in [0.1, 0.15) is 20.8 Å². The first kappa shape index (κ1) is 15.2. The Morgan fingerprint density at radius 3 is 2.39 bits per heavy atom. The first-order chi connectivity index (χ1) is 8.54. The standard InChI is InChI=1S/C13H27N3O2/c1-5-18-13(17)14-10-12(11(2)3)16-8-6-15(4)7-9-16/h11-12H,5-10H2,1-4H3,(H,14,17). The number of carbonyl (C=O) groups is 1. The topological polar surface area (TPSA) is 44.8 Å². The summed E-state index contributed by atoms with van der Waals surface area (Å²) in [6.45, 7) is 11.7. The van der Waals surface area contributed by atoms with Crippen LogP contribution in [0.2, 0.25) is 0 Å². The van der Waals surface area contributed by atoms with Crippen LogP contribution in [0.5, 0.6) is 0 Å². The average molecular weight is 257 g/mol. The molecule has 0 bridgehead atoms. The Bertz CT molecular complexity index is 251. The normalized spacial score (nSPS) is 19.8. The van der Waals surface area contributed by atoms with Gasteiger partial charge in [0.2, 0.25) is 0 Å². The van der Waals surface area contributed by atoms with Crippen LogP contribution < -0.4 is 5.32 Å². The smallest absolute Gasteiger partial charge is 0.407 e. The molecule has 5 nitrogen and oxygen atoms in total. The number of alkyl carbamates (subject to hydrolysis) is 1. The predicted octanol–water partition coefficient (Wildman–Crippen LogP) is 1.00. The summed E-state index contributed by atoms with van der Waals surface area (Å²) in [4.78, 5) is 16.2. The Morgan fingerprint density at radius 2 is 1.89 bits per heavy atom. The summed E-state index contributed by atoms with van der Waals surface area (Å²) in [6.07, 6.45) is -0.308. The highest BCUT2D eigenvalue weighted by molar-refractivity contribution is 5.67. The van der Waals surface area contributed by atoms with E-state index in [4.69, 9.17) is 4.74 Å². The summed E-state index contributed by atoms with van der Waals surface area (Å²) in [7, 11) is 2.15. The average Bonchev–Trinajstić information content (AvgIpc) is 2.31. The molecule has 1 unspecified atom stereocenters. The maximum Gasteiger partial charge on any atom is 0.407 e. The molecule has 106 valence electrons. The van der Waals surface area contributed by atoms with Gasteiger partial charge < -0.3 is 15.0 Å². The highest BCUT2D eigenvalue weighted by atomic mass is 16.5. The third-order valence-corrected chi connectivity index (χ3v) is 3.51. The first-order valence-electron chi connectivity index (χ1n) is 6.87. The van der Waals surface area contributed by atoms with E-state index < -0.39 is 0 Å². The van der Waals surface area contributed by atoms with Crippen molar-refractivity contribution in [2.24, 2.45) is 5.92 Å². The fourth-order valence-electron chi connectivity index (χ4n) is 2.31. The SMILES string of the molecule is CCOC(=O)NCC(C(C)C)N1CCN(C)CC1. The molecule has 1 amide bonds. The molecule has 1 aliphatic rings. The van der Waals surface area contributed by atoms with Crippen LogP contribution in [0.3, 0.4) is 0 Å². The van der Waals surface area contributed by atoms with Crippen LogP contribution in [-0.4, -0.2) is 68.3 Å². The minimum atomic E-state index is -0.308. The molecule has 0 aromatic heterocycles. The Labute approximate surface area is 110 Å². The lowest BCUT2D eigenvalue weighted by Gasteiger charge is -2.39. The zero-order valence-corrected chi connectivity index (χ0v) is 12.1. The molecule has 1 N–H and O–H groups in total. The fraction of sp³-hybridized carbons (Fsp3) is 0.923. The Kier molecular flexibility index (Phi) is 6.43. The van der Waals surface area contributed by atoms with Crippen molar-refractivity contribution in [2.75, 3.05) is 46.4 Å². The minimum Gasteiger partial charge on any atom is -0.450 e. The van der Waals surface area contributed by atoms with Crippen molar-refractivity contribution in [3.05, 3.63) is 0 Å². The number of amides is 1. The van der Waals surface area contributed by atoms with E-state index in [0.717, 1.165) is 26.2 Å². The van der Waals surface area contributed by atoms with Crippen LogP contribution in [0.25, 0.3) is 0 Å². The second-order valence-corrected chi connectivity index (χ2v) is 5.25. The molecule has 0 spiro atoms. The van der Waals surface area contributed by atoms with Gasteiger partial charge in [-0.05, 0) is 19.9 Å². The summed E-state index contributed by atoms with van der Waals surface area (Å²) in [5.41, 5.74) is 0. The predicted molar refractivity (Wildman–Crippen MR) is 72.7 cm³/mol. The van der Waals surface area contributed by atoms with Crippen molar-refractivity contribution in [1.82, 2.24) is 15.1 Å². The summed E-state index contributed by atoms with van der Waals surface area (Å²) in [6, 6.07) is 0.392. The lowest BCUT2D eigenvalue weighted by molar-refractivity contribution is 0.0848. The largest absolute Gasteiger partial charge is 0.450 e. The number of carbonyl (C=O) groups excluding carboxylic acids is 1. The number of likely N-dealkylation sites (N-methyl/N-ethyl adjacent to an activating group) is 1. The van der Waals surface area contributed by atoms with Gasteiger partial charge in [0.1, 0.15) is 0 Å². The van der Waals surface area contributed by atoms with Crippen LogP contribution in [0.15, 0.2) is 0 Å². The van der Waals surface area contributed by atoms with E-state index in [9.17, 15) is 4.79 Å². The van der Waals surface area contributed by atoms with Gasteiger partial charge in [-0.25, -0.2) is 4.79 Å². The quantitative estimate of drug-likeness (QED) is 0.798.